The minimum absolute atomic E-state index is 0.250. The SMILES string of the molecule is Cc1c(C(O)CNCc2cnn(-c3ccc(C#N)cn3)n2)ccc2c1COC2=O. The summed E-state index contributed by atoms with van der Waals surface area (Å²) in [6.45, 7) is 2.87. The number of fused-ring (bicyclic) bond motifs is 1. The monoisotopic (exact) mass is 390 g/mol. The number of aromatic nitrogens is 4. The number of carbonyl (C=O) groups is 1. The lowest BCUT2D eigenvalue weighted by atomic mass is 9.95. The summed E-state index contributed by atoms with van der Waals surface area (Å²) in [6, 6.07) is 8.80. The van der Waals surface area contributed by atoms with E-state index in [1.54, 1.807) is 30.5 Å². The van der Waals surface area contributed by atoms with E-state index >= 15 is 0 Å². The molecule has 1 aliphatic rings. The summed E-state index contributed by atoms with van der Waals surface area (Å²) in [7, 11) is 0. The minimum Gasteiger partial charge on any atom is -0.457 e. The molecule has 0 amide bonds. The van der Waals surface area contributed by atoms with Gasteiger partial charge >= 0.3 is 5.97 Å². The summed E-state index contributed by atoms with van der Waals surface area (Å²) in [5, 5.41) is 31.0. The fourth-order valence-electron chi connectivity index (χ4n) is 3.23. The van der Waals surface area contributed by atoms with Gasteiger partial charge in [0.25, 0.3) is 0 Å². The lowest BCUT2D eigenvalue weighted by molar-refractivity contribution is 0.0535. The number of hydrogen-bond donors (Lipinski definition) is 2. The van der Waals surface area contributed by atoms with Gasteiger partial charge in [0.2, 0.25) is 0 Å². The second kappa shape index (κ2) is 7.79. The van der Waals surface area contributed by atoms with Crippen LogP contribution < -0.4 is 5.32 Å². The largest absolute Gasteiger partial charge is 0.457 e. The number of ether oxygens (including phenoxy) is 1. The summed E-state index contributed by atoms with van der Waals surface area (Å²) in [5.41, 5.74) is 4.20. The van der Waals surface area contributed by atoms with Crippen LogP contribution in [0.1, 0.15) is 44.4 Å². The van der Waals surface area contributed by atoms with Crippen LogP contribution in [0.4, 0.5) is 0 Å². The number of rotatable bonds is 6. The molecule has 0 radical (unpaired) electrons. The van der Waals surface area contributed by atoms with Crippen LogP contribution in [-0.2, 0) is 17.9 Å². The Morgan fingerprint density at radius 1 is 1.34 bits per heavy atom. The second-order valence-corrected chi connectivity index (χ2v) is 6.67. The van der Waals surface area contributed by atoms with Crippen molar-refractivity contribution >= 4 is 5.97 Å². The van der Waals surface area contributed by atoms with Crippen LogP contribution in [0, 0.1) is 18.3 Å². The van der Waals surface area contributed by atoms with Gasteiger partial charge in [-0.05, 0) is 36.2 Å². The molecule has 1 aliphatic heterocycles. The van der Waals surface area contributed by atoms with Crippen LogP contribution in [0.5, 0.6) is 0 Å². The van der Waals surface area contributed by atoms with Crippen LogP contribution in [0.2, 0.25) is 0 Å². The molecule has 0 saturated carbocycles. The van der Waals surface area contributed by atoms with Crippen LogP contribution in [-0.4, -0.2) is 37.6 Å². The summed E-state index contributed by atoms with van der Waals surface area (Å²) < 4.78 is 5.05. The maximum atomic E-state index is 11.6. The summed E-state index contributed by atoms with van der Waals surface area (Å²) in [6.07, 6.45) is 2.35. The lowest BCUT2D eigenvalue weighted by Gasteiger charge is -2.16. The molecule has 2 aromatic heterocycles. The number of hydrogen-bond acceptors (Lipinski definition) is 8. The molecule has 1 atom stereocenters. The number of carbonyl (C=O) groups excluding carboxylic acids is 1. The van der Waals surface area contributed by atoms with E-state index in [-0.39, 0.29) is 12.6 Å². The predicted octanol–water partition coefficient (Wildman–Crippen LogP) is 1.34. The molecule has 2 N–H and O–H groups in total. The molecule has 9 heteroatoms. The molecule has 9 nitrogen and oxygen atoms in total. The quantitative estimate of drug-likeness (QED) is 0.604. The maximum Gasteiger partial charge on any atom is 0.338 e. The first-order chi connectivity index (χ1) is 14.1. The zero-order valence-corrected chi connectivity index (χ0v) is 15.7. The van der Waals surface area contributed by atoms with Crippen molar-refractivity contribution in [1.29, 1.82) is 5.26 Å². The van der Waals surface area contributed by atoms with Gasteiger partial charge in [0.15, 0.2) is 5.82 Å². The maximum absolute atomic E-state index is 11.6. The highest BCUT2D eigenvalue weighted by molar-refractivity contribution is 5.93. The van der Waals surface area contributed by atoms with E-state index in [0.29, 0.717) is 35.7 Å². The van der Waals surface area contributed by atoms with E-state index < -0.39 is 6.10 Å². The van der Waals surface area contributed by atoms with Crippen LogP contribution >= 0.6 is 0 Å². The normalized spacial score (nSPS) is 13.6. The Bertz CT molecular complexity index is 1100. The van der Waals surface area contributed by atoms with Gasteiger partial charge in [0.05, 0.1) is 29.1 Å². The molecule has 1 aromatic carbocycles. The van der Waals surface area contributed by atoms with Gasteiger partial charge in [0.1, 0.15) is 12.7 Å². The number of esters is 1. The molecular weight excluding hydrogens is 372 g/mol. The molecule has 1 unspecified atom stereocenters. The number of aliphatic hydroxyl groups excluding tert-OH is 1. The molecule has 0 fully saturated rings. The van der Waals surface area contributed by atoms with E-state index in [1.165, 1.54) is 11.0 Å². The number of aliphatic hydroxyl groups is 1. The van der Waals surface area contributed by atoms with Crippen LogP contribution in [0.3, 0.4) is 0 Å². The third-order valence-corrected chi connectivity index (χ3v) is 4.83. The van der Waals surface area contributed by atoms with Gasteiger partial charge in [-0.25, -0.2) is 9.78 Å². The third-order valence-electron chi connectivity index (χ3n) is 4.83. The zero-order valence-electron chi connectivity index (χ0n) is 15.7. The van der Waals surface area contributed by atoms with Crippen molar-refractivity contribution in [3.63, 3.8) is 0 Å². The van der Waals surface area contributed by atoms with E-state index in [4.69, 9.17) is 10.00 Å². The highest BCUT2D eigenvalue weighted by Crippen LogP contribution is 2.28. The fraction of sp³-hybridized carbons (Fsp3) is 0.250. The van der Waals surface area contributed by atoms with Gasteiger partial charge in [-0.15, -0.1) is 4.80 Å². The number of nitriles is 1. The standard InChI is InChI=1S/C20H18N6O3/c1-12-15(3-4-16-17(12)11-29-20(16)28)18(27)10-22-8-14-9-24-26(25-14)19-5-2-13(6-21)7-23-19/h2-5,7,9,18,22,27H,8,10-11H2,1H3. The molecule has 146 valence electrons. The summed E-state index contributed by atoms with van der Waals surface area (Å²) in [5.74, 6) is 0.197. The van der Waals surface area contributed by atoms with Crippen molar-refractivity contribution < 1.29 is 14.6 Å². The van der Waals surface area contributed by atoms with Crippen LogP contribution in [0.15, 0.2) is 36.7 Å². The molecule has 29 heavy (non-hydrogen) atoms. The summed E-state index contributed by atoms with van der Waals surface area (Å²) >= 11 is 0. The average Bonchev–Trinajstić information content (AvgIpc) is 3.36. The van der Waals surface area contributed by atoms with Gasteiger partial charge < -0.3 is 15.2 Å². The Morgan fingerprint density at radius 2 is 2.21 bits per heavy atom. The molecule has 4 rings (SSSR count). The van der Waals surface area contributed by atoms with Crippen molar-refractivity contribution in [2.45, 2.75) is 26.2 Å². The number of benzene rings is 1. The van der Waals surface area contributed by atoms with Gasteiger partial charge in [-0.3, -0.25) is 0 Å². The second-order valence-electron chi connectivity index (χ2n) is 6.67. The zero-order chi connectivity index (χ0) is 20.4. The molecule has 0 saturated heterocycles. The van der Waals surface area contributed by atoms with Crippen molar-refractivity contribution in [1.82, 2.24) is 25.3 Å². The number of nitrogens with zero attached hydrogens (tertiary/aromatic N) is 5. The highest BCUT2D eigenvalue weighted by atomic mass is 16.5. The summed E-state index contributed by atoms with van der Waals surface area (Å²) in [4.78, 5) is 17.2. The van der Waals surface area contributed by atoms with E-state index in [9.17, 15) is 9.90 Å². The first-order valence-corrected chi connectivity index (χ1v) is 9.03. The number of cyclic esters (lactones) is 1. The van der Waals surface area contributed by atoms with E-state index in [0.717, 1.165) is 16.7 Å². The molecule has 3 heterocycles. The molecule has 0 aliphatic carbocycles. The fourth-order valence-corrected chi connectivity index (χ4v) is 3.23. The number of pyridine rings is 1. The first-order valence-electron chi connectivity index (χ1n) is 9.03. The molecule has 0 spiro atoms. The van der Waals surface area contributed by atoms with Crippen LogP contribution in [0.25, 0.3) is 5.82 Å². The van der Waals surface area contributed by atoms with E-state index in [1.807, 2.05) is 13.0 Å². The Labute approximate surface area is 166 Å². The van der Waals surface area contributed by atoms with Gasteiger partial charge in [-0.1, -0.05) is 6.07 Å². The Hall–Kier alpha value is -3.61. The van der Waals surface area contributed by atoms with Gasteiger partial charge in [-0.2, -0.15) is 15.5 Å². The minimum atomic E-state index is -0.730. The van der Waals surface area contributed by atoms with Crippen molar-refractivity contribution in [3.05, 3.63) is 70.2 Å². The smallest absolute Gasteiger partial charge is 0.338 e. The van der Waals surface area contributed by atoms with Crippen molar-refractivity contribution in [3.8, 4) is 11.9 Å². The first kappa shape index (κ1) is 18.7. The predicted molar refractivity (Wildman–Crippen MR) is 101 cm³/mol. The Morgan fingerprint density at radius 3 is 2.97 bits per heavy atom. The number of nitrogens with one attached hydrogen (secondary N) is 1. The lowest BCUT2D eigenvalue weighted by Crippen LogP contribution is -2.22. The molecule has 0 bridgehead atoms. The topological polar surface area (TPSA) is 126 Å². The van der Waals surface area contributed by atoms with Gasteiger partial charge in [0, 0.05) is 24.8 Å². The Kier molecular flexibility index (Phi) is 5.03. The van der Waals surface area contributed by atoms with Crippen molar-refractivity contribution in [2.24, 2.45) is 0 Å². The third kappa shape index (κ3) is 3.71. The van der Waals surface area contributed by atoms with E-state index in [2.05, 4.69) is 20.5 Å². The molecular formula is C20H18N6O3. The van der Waals surface area contributed by atoms with Crippen molar-refractivity contribution in [2.75, 3.05) is 6.54 Å². The Balaban J connectivity index is 1.37. The highest BCUT2D eigenvalue weighted by Gasteiger charge is 2.25. The average molecular weight is 390 g/mol. The molecule has 3 aromatic rings.